The number of hydrogen-bond acceptors (Lipinski definition) is 5. The smallest absolute Gasteiger partial charge is 0.193 e. The third-order valence-corrected chi connectivity index (χ3v) is 4.60. The van der Waals surface area contributed by atoms with Gasteiger partial charge in [-0.2, -0.15) is 0 Å². The van der Waals surface area contributed by atoms with Crippen LogP contribution in [0.2, 0.25) is 0 Å². The van der Waals surface area contributed by atoms with Crippen molar-refractivity contribution in [3.63, 3.8) is 0 Å². The first kappa shape index (κ1) is 23.5. The number of aromatic nitrogens is 1. The number of nitrogens with two attached hydrogens (primary N) is 1. The van der Waals surface area contributed by atoms with E-state index in [2.05, 4.69) is 20.7 Å². The lowest BCUT2D eigenvalue weighted by atomic mass is 10.2. The molecule has 6 nitrogen and oxygen atoms in total. The highest BCUT2D eigenvalue weighted by atomic mass is 127. The van der Waals surface area contributed by atoms with E-state index in [0.717, 1.165) is 42.1 Å². The molecule has 0 radical (unpaired) electrons. The van der Waals surface area contributed by atoms with Crippen LogP contribution in [0.1, 0.15) is 37.4 Å². The van der Waals surface area contributed by atoms with Gasteiger partial charge in [0, 0.05) is 23.7 Å². The quantitative estimate of drug-likeness (QED) is 0.214. The number of ether oxygens (including phenoxy) is 2. The summed E-state index contributed by atoms with van der Waals surface area (Å²) in [4.78, 5) is 8.87. The predicted octanol–water partition coefficient (Wildman–Crippen LogP) is 4.62. The summed E-state index contributed by atoms with van der Waals surface area (Å²) in [6, 6.07) is 5.63. The summed E-state index contributed by atoms with van der Waals surface area (Å²) in [5.41, 5.74) is 7.88. The van der Waals surface area contributed by atoms with Crippen molar-refractivity contribution in [2.75, 3.05) is 25.1 Å². The second-order valence-electron chi connectivity index (χ2n) is 5.76. The van der Waals surface area contributed by atoms with Crippen LogP contribution < -0.4 is 20.5 Å². The molecule has 0 aliphatic rings. The number of thiazole rings is 1. The Morgan fingerprint density at radius 3 is 2.67 bits per heavy atom. The molecule has 1 aromatic carbocycles. The molecule has 1 aromatic heterocycles. The van der Waals surface area contributed by atoms with Gasteiger partial charge < -0.3 is 20.5 Å². The first-order valence-electron chi connectivity index (χ1n) is 9.00. The lowest BCUT2D eigenvalue weighted by Crippen LogP contribution is -2.23. The van der Waals surface area contributed by atoms with Crippen LogP contribution in [0.3, 0.4) is 0 Å². The lowest BCUT2D eigenvalue weighted by Gasteiger charge is -2.14. The van der Waals surface area contributed by atoms with Crippen LogP contribution in [0.25, 0.3) is 0 Å². The molecule has 2 aromatic rings. The Hall–Kier alpha value is -1.55. The second kappa shape index (κ2) is 12.8. The van der Waals surface area contributed by atoms with E-state index in [9.17, 15) is 0 Å². The summed E-state index contributed by atoms with van der Waals surface area (Å²) in [5, 5.41) is 6.39. The fraction of sp³-hybridized carbons (Fsp3) is 0.474. The van der Waals surface area contributed by atoms with Gasteiger partial charge in [-0.1, -0.05) is 0 Å². The number of unbranched alkanes of at least 4 members (excludes halogenated alkanes) is 1. The fourth-order valence-electron chi connectivity index (χ4n) is 2.43. The van der Waals surface area contributed by atoms with Gasteiger partial charge in [-0.25, -0.2) is 4.98 Å². The van der Waals surface area contributed by atoms with Crippen LogP contribution in [0.4, 0.5) is 5.69 Å². The highest BCUT2D eigenvalue weighted by Crippen LogP contribution is 2.29. The van der Waals surface area contributed by atoms with E-state index in [1.807, 2.05) is 39.0 Å². The zero-order chi connectivity index (χ0) is 18.8. The molecule has 27 heavy (non-hydrogen) atoms. The summed E-state index contributed by atoms with van der Waals surface area (Å²) in [6.45, 7) is 7.78. The molecular weight excluding hydrogens is 475 g/mol. The van der Waals surface area contributed by atoms with Crippen molar-refractivity contribution in [1.29, 1.82) is 0 Å². The first-order chi connectivity index (χ1) is 12.6. The number of benzene rings is 1. The number of halogens is 1. The van der Waals surface area contributed by atoms with Crippen LogP contribution in [-0.2, 0) is 6.42 Å². The number of aliphatic imine (C=N–C) groups is 1. The maximum absolute atomic E-state index is 6.02. The lowest BCUT2D eigenvalue weighted by molar-refractivity contribution is 0.332. The third-order valence-electron chi connectivity index (χ3n) is 3.57. The Bertz CT molecular complexity index is 721. The molecule has 0 saturated carbocycles. The largest absolute Gasteiger partial charge is 0.494 e. The van der Waals surface area contributed by atoms with Gasteiger partial charge in [0.1, 0.15) is 11.5 Å². The molecule has 3 N–H and O–H groups in total. The second-order valence-corrected chi connectivity index (χ2v) is 6.70. The van der Waals surface area contributed by atoms with E-state index >= 15 is 0 Å². The molecule has 0 amide bonds. The number of nitrogens with zero attached hydrogens (tertiary/aromatic N) is 2. The Morgan fingerprint density at radius 2 is 2.00 bits per heavy atom. The molecule has 2 rings (SSSR count). The van der Waals surface area contributed by atoms with Gasteiger partial charge in [0.25, 0.3) is 0 Å². The standard InChI is InChI=1S/C19H28N4O2S.HI/c1-4-24-15-9-10-17(25-5-2)16(12-15)23-19(20)21-11-7-6-8-18-22-14(3)13-26-18;/h9-10,12-13H,4-8,11H2,1-3H3,(H3,20,21,23);1H. The van der Waals surface area contributed by atoms with Gasteiger partial charge in [0.2, 0.25) is 0 Å². The Labute approximate surface area is 182 Å². The van der Waals surface area contributed by atoms with Crippen molar-refractivity contribution in [1.82, 2.24) is 4.98 Å². The van der Waals surface area contributed by atoms with Gasteiger partial charge in [-0.05, 0) is 52.2 Å². The molecule has 0 bridgehead atoms. The fourth-order valence-corrected chi connectivity index (χ4v) is 3.25. The highest BCUT2D eigenvalue weighted by molar-refractivity contribution is 14.0. The topological polar surface area (TPSA) is 81.8 Å². The summed E-state index contributed by atoms with van der Waals surface area (Å²) in [5.74, 6) is 1.88. The number of rotatable bonds is 10. The molecule has 0 fully saturated rings. The molecule has 150 valence electrons. The maximum atomic E-state index is 6.02. The molecule has 8 heteroatoms. The van der Waals surface area contributed by atoms with E-state index in [1.54, 1.807) is 11.3 Å². The number of guanidine groups is 1. The van der Waals surface area contributed by atoms with E-state index in [1.165, 1.54) is 5.01 Å². The van der Waals surface area contributed by atoms with Crippen LogP contribution in [0.5, 0.6) is 11.5 Å². The molecule has 0 atom stereocenters. The molecule has 0 unspecified atom stereocenters. The zero-order valence-electron chi connectivity index (χ0n) is 16.2. The minimum absolute atomic E-state index is 0. The average Bonchev–Trinajstić information content (AvgIpc) is 3.02. The summed E-state index contributed by atoms with van der Waals surface area (Å²) < 4.78 is 11.2. The van der Waals surface area contributed by atoms with Gasteiger partial charge >= 0.3 is 0 Å². The maximum Gasteiger partial charge on any atom is 0.193 e. The first-order valence-corrected chi connectivity index (χ1v) is 9.88. The van der Waals surface area contributed by atoms with E-state index in [4.69, 9.17) is 15.2 Å². The molecule has 0 saturated heterocycles. The van der Waals surface area contributed by atoms with Crippen molar-refractivity contribution in [2.45, 2.75) is 40.0 Å². The van der Waals surface area contributed by atoms with Gasteiger partial charge in [-0.15, -0.1) is 35.3 Å². The van der Waals surface area contributed by atoms with Crippen LogP contribution in [0.15, 0.2) is 28.6 Å². The molecule has 0 spiro atoms. The van der Waals surface area contributed by atoms with Crippen LogP contribution in [0, 0.1) is 6.92 Å². The van der Waals surface area contributed by atoms with Gasteiger partial charge in [0.15, 0.2) is 5.96 Å². The SMILES string of the molecule is CCOc1ccc(OCC)c(NC(N)=NCCCCc2nc(C)cs2)c1.I. The average molecular weight is 504 g/mol. The van der Waals surface area contributed by atoms with Gasteiger partial charge in [-0.3, -0.25) is 4.99 Å². The minimum atomic E-state index is 0. The minimum Gasteiger partial charge on any atom is -0.494 e. The van der Waals surface area contributed by atoms with Crippen molar-refractivity contribution in [3.8, 4) is 11.5 Å². The summed E-state index contributed by atoms with van der Waals surface area (Å²) in [7, 11) is 0. The van der Waals surface area contributed by atoms with E-state index < -0.39 is 0 Å². The van der Waals surface area contributed by atoms with Crippen LogP contribution >= 0.6 is 35.3 Å². The summed E-state index contributed by atoms with van der Waals surface area (Å²) in [6.07, 6.45) is 3.01. The monoisotopic (exact) mass is 504 g/mol. The van der Waals surface area contributed by atoms with Crippen molar-refractivity contribution < 1.29 is 9.47 Å². The normalized spacial score (nSPS) is 11.0. The Morgan fingerprint density at radius 1 is 1.22 bits per heavy atom. The summed E-state index contributed by atoms with van der Waals surface area (Å²) >= 11 is 1.72. The van der Waals surface area contributed by atoms with Crippen molar-refractivity contribution in [2.24, 2.45) is 10.7 Å². The van der Waals surface area contributed by atoms with Crippen LogP contribution in [-0.4, -0.2) is 30.7 Å². The number of hydrogen-bond donors (Lipinski definition) is 2. The zero-order valence-corrected chi connectivity index (χ0v) is 19.3. The number of nitrogens with one attached hydrogen (secondary N) is 1. The predicted molar refractivity (Wildman–Crippen MR) is 124 cm³/mol. The molecular formula is C19H29IN4O2S. The molecule has 1 heterocycles. The van der Waals surface area contributed by atoms with E-state index in [-0.39, 0.29) is 24.0 Å². The molecule has 0 aliphatic carbocycles. The Balaban J connectivity index is 0.00000364. The highest BCUT2D eigenvalue weighted by Gasteiger charge is 2.07. The van der Waals surface area contributed by atoms with Crippen molar-refractivity contribution in [3.05, 3.63) is 34.3 Å². The molecule has 0 aliphatic heterocycles. The number of anilines is 1. The third kappa shape index (κ3) is 8.34. The number of aryl methyl sites for hydroxylation is 2. The van der Waals surface area contributed by atoms with Crippen molar-refractivity contribution >= 4 is 47.0 Å². The Kier molecular flexibility index (Phi) is 11.1. The van der Waals surface area contributed by atoms with E-state index in [0.29, 0.717) is 25.7 Å². The van der Waals surface area contributed by atoms with Gasteiger partial charge in [0.05, 0.1) is 23.9 Å².